The maximum atomic E-state index is 12.4. The number of carbonyl (C=O) groups is 2. The molecule has 0 aliphatic carbocycles. The molecule has 0 aromatic heterocycles. The summed E-state index contributed by atoms with van der Waals surface area (Å²) in [4.78, 5) is 26.1. The molecule has 1 aromatic rings. The average molecular weight is 259 g/mol. The third-order valence-electron chi connectivity index (χ3n) is 4.37. The van der Waals surface area contributed by atoms with Gasteiger partial charge < -0.3 is 9.84 Å². The number of fused-ring (bicyclic) bond motifs is 5. The molecule has 5 heteroatoms. The second-order valence-corrected chi connectivity index (χ2v) is 5.37. The molecule has 0 radical (unpaired) electrons. The number of ether oxygens (including phenoxy) is 1. The van der Waals surface area contributed by atoms with Gasteiger partial charge in [0.15, 0.2) is 0 Å². The van der Waals surface area contributed by atoms with Gasteiger partial charge in [0.25, 0.3) is 0 Å². The molecule has 3 fully saturated rings. The fourth-order valence-electron chi connectivity index (χ4n) is 3.60. The van der Waals surface area contributed by atoms with Crippen molar-refractivity contribution in [2.45, 2.75) is 25.0 Å². The second-order valence-electron chi connectivity index (χ2n) is 5.37. The first-order chi connectivity index (χ1) is 9.16. The molecule has 3 aliphatic rings. The number of benzene rings is 1. The number of aromatic hydroxyl groups is 1. The van der Waals surface area contributed by atoms with Crippen LogP contribution in [0, 0.1) is 11.8 Å². The number of hydrogen-bond acceptors (Lipinski definition) is 4. The Bertz CT molecular complexity index is 557. The molecule has 0 unspecified atom stereocenters. The first-order valence-corrected chi connectivity index (χ1v) is 6.49. The summed E-state index contributed by atoms with van der Waals surface area (Å²) in [5, 5.41) is 9.49. The lowest BCUT2D eigenvalue weighted by Crippen LogP contribution is -2.34. The molecule has 4 rings (SSSR count). The van der Waals surface area contributed by atoms with Crippen LogP contribution in [0.25, 0.3) is 0 Å². The Hall–Kier alpha value is -1.88. The molecular weight excluding hydrogens is 246 g/mol. The zero-order valence-corrected chi connectivity index (χ0v) is 10.2. The Morgan fingerprint density at radius 1 is 1.11 bits per heavy atom. The van der Waals surface area contributed by atoms with Gasteiger partial charge in [-0.1, -0.05) is 6.07 Å². The van der Waals surface area contributed by atoms with E-state index in [0.717, 1.165) is 12.8 Å². The Morgan fingerprint density at radius 3 is 2.32 bits per heavy atom. The Labute approximate surface area is 109 Å². The van der Waals surface area contributed by atoms with Gasteiger partial charge in [-0.05, 0) is 25.0 Å². The van der Waals surface area contributed by atoms with Crippen LogP contribution >= 0.6 is 0 Å². The first kappa shape index (κ1) is 11.0. The van der Waals surface area contributed by atoms with Gasteiger partial charge in [0.1, 0.15) is 5.75 Å². The lowest BCUT2D eigenvalue weighted by molar-refractivity contribution is -0.124. The molecular formula is C14H13NO4. The van der Waals surface area contributed by atoms with Gasteiger partial charge in [-0.2, -0.15) is 0 Å². The summed E-state index contributed by atoms with van der Waals surface area (Å²) >= 11 is 0. The van der Waals surface area contributed by atoms with Gasteiger partial charge in [0.05, 0.1) is 29.7 Å². The van der Waals surface area contributed by atoms with E-state index in [1.165, 1.54) is 17.0 Å². The zero-order chi connectivity index (χ0) is 13.1. The van der Waals surface area contributed by atoms with Crippen LogP contribution in [0.1, 0.15) is 12.8 Å². The number of rotatable bonds is 1. The van der Waals surface area contributed by atoms with Gasteiger partial charge in [0.2, 0.25) is 11.8 Å². The predicted octanol–water partition coefficient (Wildman–Crippen LogP) is 1.06. The van der Waals surface area contributed by atoms with Crippen LogP contribution in [0.4, 0.5) is 5.69 Å². The molecule has 4 atom stereocenters. The highest BCUT2D eigenvalue weighted by molar-refractivity contribution is 6.22. The normalized spacial score (nSPS) is 36.1. The highest BCUT2D eigenvalue weighted by atomic mass is 16.5. The smallest absolute Gasteiger partial charge is 0.240 e. The van der Waals surface area contributed by atoms with Crippen molar-refractivity contribution in [1.29, 1.82) is 0 Å². The van der Waals surface area contributed by atoms with Crippen LogP contribution in [0.3, 0.4) is 0 Å². The number of imide groups is 1. The number of phenols is 1. The van der Waals surface area contributed by atoms with Crippen molar-refractivity contribution >= 4 is 17.5 Å². The molecule has 0 spiro atoms. The Balaban J connectivity index is 1.75. The summed E-state index contributed by atoms with van der Waals surface area (Å²) in [6, 6.07) is 6.26. The summed E-state index contributed by atoms with van der Waals surface area (Å²) in [5.41, 5.74) is 0.448. The monoisotopic (exact) mass is 259 g/mol. The molecule has 2 bridgehead atoms. The standard InChI is InChI=1S/C14H13NO4/c16-8-3-1-2-7(6-8)15-13(17)11-9-4-5-10(19-9)12(11)14(15)18/h1-3,6,9-12,16H,4-5H2/t9-,10-,11-,12-/m1/s1. The molecule has 1 N–H and O–H groups in total. The molecule has 3 heterocycles. The summed E-state index contributed by atoms with van der Waals surface area (Å²) in [7, 11) is 0. The maximum Gasteiger partial charge on any atom is 0.240 e. The number of nitrogens with zero attached hydrogens (tertiary/aromatic N) is 1. The third-order valence-corrected chi connectivity index (χ3v) is 4.37. The average Bonchev–Trinajstić information content (AvgIpc) is 3.04. The van der Waals surface area contributed by atoms with Gasteiger partial charge in [0, 0.05) is 6.07 Å². The van der Waals surface area contributed by atoms with E-state index in [2.05, 4.69) is 0 Å². The summed E-state index contributed by atoms with van der Waals surface area (Å²) in [6.45, 7) is 0. The lowest BCUT2D eigenvalue weighted by atomic mass is 9.81. The predicted molar refractivity (Wildman–Crippen MR) is 65.5 cm³/mol. The van der Waals surface area contributed by atoms with Crippen molar-refractivity contribution in [3.8, 4) is 5.75 Å². The van der Waals surface area contributed by atoms with Crippen LogP contribution in [-0.4, -0.2) is 29.1 Å². The van der Waals surface area contributed by atoms with E-state index in [-0.39, 0.29) is 41.6 Å². The number of anilines is 1. The highest BCUT2D eigenvalue weighted by Crippen LogP contribution is 2.49. The molecule has 19 heavy (non-hydrogen) atoms. The van der Waals surface area contributed by atoms with Crippen LogP contribution in [0.15, 0.2) is 24.3 Å². The number of carbonyl (C=O) groups excluding carboxylic acids is 2. The molecule has 2 amide bonds. The number of phenolic OH excluding ortho intramolecular Hbond substituents is 1. The molecule has 5 nitrogen and oxygen atoms in total. The molecule has 3 aliphatic heterocycles. The SMILES string of the molecule is O=C1[C@H]2[C@H](C(=O)N1c1cccc(O)c1)[C@H]1CC[C@H]2O1. The molecule has 98 valence electrons. The van der Waals surface area contributed by atoms with Crippen molar-refractivity contribution < 1.29 is 19.4 Å². The third kappa shape index (κ3) is 1.33. The minimum Gasteiger partial charge on any atom is -0.508 e. The van der Waals surface area contributed by atoms with Crippen LogP contribution in [0.2, 0.25) is 0 Å². The fourth-order valence-corrected chi connectivity index (χ4v) is 3.60. The molecule has 1 aromatic carbocycles. The van der Waals surface area contributed by atoms with Crippen molar-refractivity contribution in [3.63, 3.8) is 0 Å². The Kier molecular flexibility index (Phi) is 2.07. The largest absolute Gasteiger partial charge is 0.508 e. The van der Waals surface area contributed by atoms with Crippen molar-refractivity contribution in [1.82, 2.24) is 0 Å². The number of hydrogen-bond donors (Lipinski definition) is 1. The lowest BCUT2D eigenvalue weighted by Gasteiger charge is -2.17. The van der Waals surface area contributed by atoms with Gasteiger partial charge in [-0.15, -0.1) is 0 Å². The van der Waals surface area contributed by atoms with E-state index in [1.54, 1.807) is 12.1 Å². The number of amides is 2. The van der Waals surface area contributed by atoms with E-state index in [1.807, 2.05) is 0 Å². The summed E-state index contributed by atoms with van der Waals surface area (Å²) in [6.07, 6.45) is 1.51. The van der Waals surface area contributed by atoms with Gasteiger partial charge in [-0.25, -0.2) is 4.90 Å². The molecule has 0 saturated carbocycles. The highest BCUT2D eigenvalue weighted by Gasteiger charge is 2.62. The molecule has 3 saturated heterocycles. The Morgan fingerprint density at radius 2 is 1.74 bits per heavy atom. The van der Waals surface area contributed by atoms with Crippen molar-refractivity contribution in [3.05, 3.63) is 24.3 Å². The van der Waals surface area contributed by atoms with E-state index in [4.69, 9.17) is 4.74 Å². The fraction of sp³-hybridized carbons (Fsp3) is 0.429. The van der Waals surface area contributed by atoms with Gasteiger partial charge in [-0.3, -0.25) is 9.59 Å². The van der Waals surface area contributed by atoms with Crippen molar-refractivity contribution in [2.24, 2.45) is 11.8 Å². The maximum absolute atomic E-state index is 12.4. The van der Waals surface area contributed by atoms with E-state index in [9.17, 15) is 14.7 Å². The zero-order valence-electron chi connectivity index (χ0n) is 10.2. The summed E-state index contributed by atoms with van der Waals surface area (Å²) < 4.78 is 5.67. The van der Waals surface area contributed by atoms with E-state index < -0.39 is 0 Å². The second kappa shape index (κ2) is 3.57. The first-order valence-electron chi connectivity index (χ1n) is 6.49. The van der Waals surface area contributed by atoms with Crippen LogP contribution < -0.4 is 4.90 Å². The van der Waals surface area contributed by atoms with E-state index >= 15 is 0 Å². The minimum atomic E-state index is -0.325. The van der Waals surface area contributed by atoms with Crippen molar-refractivity contribution in [2.75, 3.05) is 4.90 Å². The minimum absolute atomic E-state index is 0.0504. The van der Waals surface area contributed by atoms with Crippen LogP contribution in [-0.2, 0) is 14.3 Å². The summed E-state index contributed by atoms with van der Waals surface area (Å²) in [5.74, 6) is -0.975. The van der Waals surface area contributed by atoms with E-state index in [0.29, 0.717) is 5.69 Å². The quantitative estimate of drug-likeness (QED) is 0.766. The van der Waals surface area contributed by atoms with Gasteiger partial charge >= 0.3 is 0 Å². The topological polar surface area (TPSA) is 66.8 Å². The van der Waals surface area contributed by atoms with Crippen LogP contribution in [0.5, 0.6) is 5.75 Å².